The van der Waals surface area contributed by atoms with Crippen LogP contribution >= 0.6 is 27.7 Å². The van der Waals surface area contributed by atoms with Gasteiger partial charge in [-0.05, 0) is 40.4 Å². The first-order valence-corrected chi connectivity index (χ1v) is 5.84. The van der Waals surface area contributed by atoms with Gasteiger partial charge in [-0.3, -0.25) is 0 Å². The van der Waals surface area contributed by atoms with E-state index in [0.29, 0.717) is 5.76 Å². The molecule has 0 amide bonds. The molecule has 2 nitrogen and oxygen atoms in total. The van der Waals surface area contributed by atoms with Crippen molar-refractivity contribution in [3.8, 4) is 0 Å². The zero-order valence-electron chi connectivity index (χ0n) is 6.79. The minimum Gasteiger partial charge on any atom is -0.465 e. The SMILES string of the molecule is CSCCC(O)c1occc1Br. The van der Waals surface area contributed by atoms with Crippen molar-refractivity contribution in [1.29, 1.82) is 0 Å². The number of hydrogen-bond donors (Lipinski definition) is 1. The van der Waals surface area contributed by atoms with Crippen molar-refractivity contribution in [1.82, 2.24) is 0 Å². The molecule has 1 rings (SSSR count). The van der Waals surface area contributed by atoms with Gasteiger partial charge in [0.2, 0.25) is 0 Å². The van der Waals surface area contributed by atoms with Gasteiger partial charge >= 0.3 is 0 Å². The van der Waals surface area contributed by atoms with Crippen LogP contribution < -0.4 is 0 Å². The minimum absolute atomic E-state index is 0.484. The van der Waals surface area contributed by atoms with Gasteiger partial charge in [0.1, 0.15) is 11.9 Å². The second-order valence-electron chi connectivity index (χ2n) is 2.43. The molecule has 0 aromatic carbocycles. The highest BCUT2D eigenvalue weighted by Gasteiger charge is 2.13. The molecule has 1 aromatic rings. The Bertz CT molecular complexity index is 237. The van der Waals surface area contributed by atoms with Crippen molar-refractivity contribution in [3.05, 3.63) is 22.6 Å². The standard InChI is InChI=1S/C8H11BrO2S/c1-12-5-3-7(10)8-6(9)2-4-11-8/h2,4,7,10H,3,5H2,1H3. The fourth-order valence-electron chi connectivity index (χ4n) is 0.904. The van der Waals surface area contributed by atoms with E-state index in [1.54, 1.807) is 24.1 Å². The summed E-state index contributed by atoms with van der Waals surface area (Å²) in [5, 5.41) is 9.58. The lowest BCUT2D eigenvalue weighted by atomic mass is 10.2. The molecule has 12 heavy (non-hydrogen) atoms. The van der Waals surface area contributed by atoms with Gasteiger partial charge in [-0.15, -0.1) is 0 Å². The maximum atomic E-state index is 9.58. The lowest BCUT2D eigenvalue weighted by Crippen LogP contribution is -1.97. The molecule has 0 fully saturated rings. The Morgan fingerprint density at radius 2 is 2.50 bits per heavy atom. The number of aliphatic hydroxyl groups excluding tert-OH is 1. The average Bonchev–Trinajstić information content (AvgIpc) is 2.47. The van der Waals surface area contributed by atoms with Crippen molar-refractivity contribution in [2.45, 2.75) is 12.5 Å². The van der Waals surface area contributed by atoms with E-state index in [-0.39, 0.29) is 0 Å². The first-order chi connectivity index (χ1) is 5.75. The molecule has 0 saturated carbocycles. The third-order valence-corrected chi connectivity index (χ3v) is 2.84. The molecule has 0 radical (unpaired) electrons. The number of furan rings is 1. The van der Waals surface area contributed by atoms with E-state index in [9.17, 15) is 5.11 Å². The Labute approximate surface area is 84.5 Å². The van der Waals surface area contributed by atoms with E-state index < -0.39 is 6.10 Å². The summed E-state index contributed by atoms with van der Waals surface area (Å²) in [5.74, 6) is 1.57. The molecule has 1 atom stereocenters. The van der Waals surface area contributed by atoms with Crippen molar-refractivity contribution in [2.75, 3.05) is 12.0 Å². The Morgan fingerprint density at radius 3 is 3.00 bits per heavy atom. The van der Waals surface area contributed by atoms with Gasteiger partial charge in [-0.1, -0.05) is 0 Å². The summed E-state index contributed by atoms with van der Waals surface area (Å²) in [6.45, 7) is 0. The van der Waals surface area contributed by atoms with Crippen LogP contribution in [0.4, 0.5) is 0 Å². The van der Waals surface area contributed by atoms with Gasteiger partial charge in [0.05, 0.1) is 10.7 Å². The van der Waals surface area contributed by atoms with Crippen LogP contribution in [-0.2, 0) is 0 Å². The summed E-state index contributed by atoms with van der Waals surface area (Å²) in [7, 11) is 0. The summed E-state index contributed by atoms with van der Waals surface area (Å²) in [6, 6.07) is 1.79. The zero-order chi connectivity index (χ0) is 8.97. The molecule has 0 aliphatic rings. The summed E-state index contributed by atoms with van der Waals surface area (Å²) in [6.07, 6.45) is 3.83. The molecule has 68 valence electrons. The van der Waals surface area contributed by atoms with Crippen LogP contribution in [0.15, 0.2) is 21.2 Å². The normalized spacial score (nSPS) is 13.2. The van der Waals surface area contributed by atoms with Crippen LogP contribution in [0, 0.1) is 0 Å². The van der Waals surface area contributed by atoms with Crippen LogP contribution in [0.1, 0.15) is 18.3 Å². The summed E-state index contributed by atoms with van der Waals surface area (Å²) in [5.41, 5.74) is 0. The van der Waals surface area contributed by atoms with Crippen LogP contribution in [0.25, 0.3) is 0 Å². The number of halogens is 1. The third-order valence-electron chi connectivity index (χ3n) is 1.54. The second-order valence-corrected chi connectivity index (χ2v) is 4.27. The molecular weight excluding hydrogens is 240 g/mol. The van der Waals surface area contributed by atoms with Crippen molar-refractivity contribution in [2.24, 2.45) is 0 Å². The summed E-state index contributed by atoms with van der Waals surface area (Å²) >= 11 is 5.01. The van der Waals surface area contributed by atoms with E-state index in [1.807, 2.05) is 6.26 Å². The monoisotopic (exact) mass is 250 g/mol. The first-order valence-electron chi connectivity index (χ1n) is 3.65. The maximum absolute atomic E-state index is 9.58. The van der Waals surface area contributed by atoms with Crippen molar-refractivity contribution >= 4 is 27.7 Å². The predicted molar refractivity (Wildman–Crippen MR) is 54.4 cm³/mol. The number of aliphatic hydroxyl groups is 1. The van der Waals surface area contributed by atoms with Crippen LogP contribution in [0.3, 0.4) is 0 Å². The fraction of sp³-hybridized carbons (Fsp3) is 0.500. The molecule has 1 N–H and O–H groups in total. The van der Waals surface area contributed by atoms with Crippen LogP contribution in [-0.4, -0.2) is 17.1 Å². The predicted octanol–water partition coefficient (Wildman–Crippen LogP) is 2.83. The largest absolute Gasteiger partial charge is 0.465 e. The van der Waals surface area contributed by atoms with Crippen LogP contribution in [0.2, 0.25) is 0 Å². The average molecular weight is 251 g/mol. The topological polar surface area (TPSA) is 33.4 Å². The molecule has 0 aliphatic heterocycles. The lowest BCUT2D eigenvalue weighted by molar-refractivity contribution is 0.146. The van der Waals surface area contributed by atoms with E-state index >= 15 is 0 Å². The molecule has 0 aliphatic carbocycles. The van der Waals surface area contributed by atoms with E-state index in [0.717, 1.165) is 16.6 Å². The Balaban J connectivity index is 2.52. The number of rotatable bonds is 4. The van der Waals surface area contributed by atoms with Gasteiger partial charge in [0.15, 0.2) is 0 Å². The fourth-order valence-corrected chi connectivity index (χ4v) is 1.83. The summed E-state index contributed by atoms with van der Waals surface area (Å²) < 4.78 is 5.96. The quantitative estimate of drug-likeness (QED) is 0.893. The molecule has 4 heteroatoms. The Hall–Kier alpha value is 0.0700. The highest BCUT2D eigenvalue weighted by molar-refractivity contribution is 9.10. The van der Waals surface area contributed by atoms with Gasteiger partial charge in [0.25, 0.3) is 0 Å². The zero-order valence-corrected chi connectivity index (χ0v) is 9.19. The smallest absolute Gasteiger partial charge is 0.146 e. The van der Waals surface area contributed by atoms with Crippen LogP contribution in [0.5, 0.6) is 0 Å². The van der Waals surface area contributed by atoms with E-state index in [2.05, 4.69) is 15.9 Å². The van der Waals surface area contributed by atoms with Gasteiger partial charge in [-0.2, -0.15) is 11.8 Å². The minimum atomic E-state index is -0.484. The third kappa shape index (κ3) is 2.54. The van der Waals surface area contributed by atoms with E-state index in [1.165, 1.54) is 0 Å². The Morgan fingerprint density at radius 1 is 1.75 bits per heavy atom. The van der Waals surface area contributed by atoms with Crippen molar-refractivity contribution < 1.29 is 9.52 Å². The highest BCUT2D eigenvalue weighted by Crippen LogP contribution is 2.26. The lowest BCUT2D eigenvalue weighted by Gasteiger charge is -2.06. The van der Waals surface area contributed by atoms with E-state index in [4.69, 9.17) is 4.42 Å². The van der Waals surface area contributed by atoms with Gasteiger partial charge < -0.3 is 9.52 Å². The number of hydrogen-bond acceptors (Lipinski definition) is 3. The Kier molecular flexibility index (Phi) is 4.18. The first kappa shape index (κ1) is 10.2. The molecule has 1 heterocycles. The second kappa shape index (κ2) is 4.94. The van der Waals surface area contributed by atoms with Gasteiger partial charge in [-0.25, -0.2) is 0 Å². The number of thioether (sulfide) groups is 1. The molecule has 0 bridgehead atoms. The molecule has 0 spiro atoms. The summed E-state index contributed by atoms with van der Waals surface area (Å²) in [4.78, 5) is 0. The maximum Gasteiger partial charge on any atom is 0.146 e. The van der Waals surface area contributed by atoms with Gasteiger partial charge in [0, 0.05) is 0 Å². The molecular formula is C8H11BrO2S. The van der Waals surface area contributed by atoms with Crippen molar-refractivity contribution in [3.63, 3.8) is 0 Å². The molecule has 0 saturated heterocycles. The molecule has 1 unspecified atom stereocenters. The highest BCUT2D eigenvalue weighted by atomic mass is 79.9. The molecule has 1 aromatic heterocycles.